The van der Waals surface area contributed by atoms with Crippen molar-refractivity contribution < 1.29 is 4.42 Å². The van der Waals surface area contributed by atoms with Gasteiger partial charge in [-0.05, 0) is 31.4 Å². The van der Waals surface area contributed by atoms with E-state index in [9.17, 15) is 4.79 Å². The van der Waals surface area contributed by atoms with Crippen LogP contribution in [0.15, 0.2) is 39.9 Å². The summed E-state index contributed by atoms with van der Waals surface area (Å²) < 4.78 is 6.94. The van der Waals surface area contributed by atoms with Gasteiger partial charge in [-0.15, -0.1) is 5.10 Å². The summed E-state index contributed by atoms with van der Waals surface area (Å²) in [6.07, 6.45) is 6.55. The molecule has 3 aromatic rings. The lowest BCUT2D eigenvalue weighted by molar-refractivity contribution is 0.390. The molecule has 1 fully saturated rings. The number of piperidine rings is 1. The van der Waals surface area contributed by atoms with Crippen LogP contribution in [0.3, 0.4) is 0 Å². The quantitative estimate of drug-likeness (QED) is 0.727. The fraction of sp³-hybridized carbons (Fsp3) is 0.357. The van der Waals surface area contributed by atoms with Crippen molar-refractivity contribution in [1.82, 2.24) is 14.6 Å². The molecule has 1 aliphatic heterocycles. The van der Waals surface area contributed by atoms with Crippen LogP contribution < -0.4 is 10.5 Å². The maximum atomic E-state index is 11.8. The monoisotopic (exact) mass is 302 g/mol. The van der Waals surface area contributed by atoms with E-state index in [4.69, 9.17) is 4.42 Å². The zero-order chi connectivity index (χ0) is 14.2. The number of hydrogen-bond acceptors (Lipinski definition) is 6. The molecular formula is C14H14N4O2S. The molecular weight excluding hydrogens is 288 g/mol. The average Bonchev–Trinajstić information content (AvgIpc) is 3.17. The van der Waals surface area contributed by atoms with Crippen LogP contribution in [0.4, 0.5) is 5.13 Å². The molecule has 0 amide bonds. The minimum Gasteiger partial charge on any atom is -0.467 e. The maximum absolute atomic E-state index is 11.8. The van der Waals surface area contributed by atoms with Crippen LogP contribution in [0.5, 0.6) is 0 Å². The van der Waals surface area contributed by atoms with Gasteiger partial charge in [0, 0.05) is 18.8 Å². The summed E-state index contributed by atoms with van der Waals surface area (Å²) in [6.45, 7) is 0.917. The van der Waals surface area contributed by atoms with Crippen molar-refractivity contribution in [1.29, 1.82) is 0 Å². The molecule has 1 atom stereocenters. The molecule has 21 heavy (non-hydrogen) atoms. The minimum absolute atomic E-state index is 0.144. The smallest absolute Gasteiger partial charge is 0.275 e. The Labute approximate surface area is 124 Å². The van der Waals surface area contributed by atoms with Gasteiger partial charge in [0.25, 0.3) is 5.56 Å². The number of aromatic nitrogens is 3. The van der Waals surface area contributed by atoms with E-state index in [2.05, 4.69) is 15.0 Å². The molecule has 0 spiro atoms. The molecule has 108 valence electrons. The van der Waals surface area contributed by atoms with Crippen LogP contribution in [0.25, 0.3) is 4.96 Å². The minimum atomic E-state index is -0.144. The van der Waals surface area contributed by atoms with E-state index >= 15 is 0 Å². The zero-order valence-electron chi connectivity index (χ0n) is 11.3. The summed E-state index contributed by atoms with van der Waals surface area (Å²) in [4.78, 5) is 18.9. The van der Waals surface area contributed by atoms with Crippen molar-refractivity contribution in [3.05, 3.63) is 46.8 Å². The van der Waals surface area contributed by atoms with Gasteiger partial charge in [0.15, 0.2) is 0 Å². The largest absolute Gasteiger partial charge is 0.467 e. The van der Waals surface area contributed by atoms with E-state index in [-0.39, 0.29) is 11.6 Å². The predicted octanol–water partition coefficient (Wildman–Crippen LogP) is 2.48. The fourth-order valence-electron chi connectivity index (χ4n) is 2.79. The van der Waals surface area contributed by atoms with Crippen molar-refractivity contribution >= 4 is 21.4 Å². The summed E-state index contributed by atoms with van der Waals surface area (Å²) in [5, 5.41) is 5.27. The van der Waals surface area contributed by atoms with Crippen molar-refractivity contribution in [2.75, 3.05) is 11.4 Å². The Morgan fingerprint density at radius 2 is 2.29 bits per heavy atom. The van der Waals surface area contributed by atoms with Gasteiger partial charge in [-0.2, -0.15) is 4.52 Å². The lowest BCUT2D eigenvalue weighted by Gasteiger charge is -2.33. The van der Waals surface area contributed by atoms with Gasteiger partial charge in [0.1, 0.15) is 5.76 Å². The third kappa shape index (κ3) is 2.13. The molecule has 7 heteroatoms. The molecule has 4 rings (SSSR count). The van der Waals surface area contributed by atoms with E-state index in [1.54, 1.807) is 6.26 Å². The summed E-state index contributed by atoms with van der Waals surface area (Å²) in [5.41, 5.74) is -0.144. The lowest BCUT2D eigenvalue weighted by Crippen LogP contribution is -2.33. The Kier molecular flexibility index (Phi) is 2.99. The predicted molar refractivity (Wildman–Crippen MR) is 79.8 cm³/mol. The molecule has 0 radical (unpaired) electrons. The van der Waals surface area contributed by atoms with Gasteiger partial charge in [0.2, 0.25) is 10.1 Å². The summed E-state index contributed by atoms with van der Waals surface area (Å²) in [7, 11) is 0. The lowest BCUT2D eigenvalue weighted by atomic mass is 10.0. The zero-order valence-corrected chi connectivity index (χ0v) is 12.1. The second-order valence-electron chi connectivity index (χ2n) is 5.08. The van der Waals surface area contributed by atoms with Gasteiger partial charge in [-0.25, -0.2) is 4.98 Å². The Balaban J connectivity index is 1.78. The molecule has 0 aliphatic carbocycles. The highest BCUT2D eigenvalue weighted by atomic mass is 32.1. The first kappa shape index (κ1) is 12.6. The third-order valence-electron chi connectivity index (χ3n) is 3.78. The highest BCUT2D eigenvalue weighted by Gasteiger charge is 2.28. The number of rotatable bonds is 2. The molecule has 0 unspecified atom stereocenters. The number of furan rings is 1. The van der Waals surface area contributed by atoms with Crippen LogP contribution in [0.1, 0.15) is 31.1 Å². The van der Waals surface area contributed by atoms with Crippen molar-refractivity contribution in [3.63, 3.8) is 0 Å². The first-order chi connectivity index (χ1) is 10.3. The Hall–Kier alpha value is -2.15. The molecule has 0 aromatic carbocycles. The molecule has 6 nitrogen and oxygen atoms in total. The number of fused-ring (bicyclic) bond motifs is 1. The topological polar surface area (TPSA) is 63.6 Å². The van der Waals surface area contributed by atoms with Gasteiger partial charge in [-0.1, -0.05) is 11.3 Å². The van der Waals surface area contributed by atoms with E-state index < -0.39 is 0 Å². The summed E-state index contributed by atoms with van der Waals surface area (Å²) in [6, 6.07) is 5.52. The second kappa shape index (κ2) is 5.00. The van der Waals surface area contributed by atoms with Crippen LogP contribution in [-0.2, 0) is 0 Å². The second-order valence-corrected chi connectivity index (χ2v) is 6.02. The molecule has 1 aliphatic rings. The van der Waals surface area contributed by atoms with E-state index in [0.717, 1.165) is 30.3 Å². The molecule has 1 saturated heterocycles. The van der Waals surface area contributed by atoms with Crippen LogP contribution in [0.2, 0.25) is 0 Å². The van der Waals surface area contributed by atoms with Crippen molar-refractivity contribution in [3.8, 4) is 0 Å². The molecule has 0 saturated carbocycles. The molecule has 3 aromatic heterocycles. The summed E-state index contributed by atoms with van der Waals surface area (Å²) >= 11 is 1.44. The molecule has 0 N–H and O–H groups in total. The van der Waals surface area contributed by atoms with E-state index in [1.165, 1.54) is 34.5 Å². The standard InChI is InChI=1S/C14H14N4O2S/c19-12-6-7-15-13-18(12)16-14(21-13)17-8-2-1-4-10(17)11-5-3-9-20-11/h3,5-7,9-10H,1-2,4,8H2/t10-/m1/s1. The highest BCUT2D eigenvalue weighted by molar-refractivity contribution is 7.20. The van der Waals surface area contributed by atoms with Gasteiger partial charge in [0.05, 0.1) is 12.3 Å². The van der Waals surface area contributed by atoms with Crippen LogP contribution in [0, 0.1) is 0 Å². The normalized spacial score (nSPS) is 19.2. The van der Waals surface area contributed by atoms with Gasteiger partial charge in [-0.3, -0.25) is 4.79 Å². The fourth-order valence-corrected chi connectivity index (χ4v) is 3.74. The maximum Gasteiger partial charge on any atom is 0.275 e. The average molecular weight is 302 g/mol. The molecule has 0 bridgehead atoms. The third-order valence-corrected chi connectivity index (χ3v) is 4.74. The SMILES string of the molecule is O=c1ccnc2sc(N3CCCC[C@@H]3c3ccco3)nn12. The van der Waals surface area contributed by atoms with Crippen LogP contribution in [-0.4, -0.2) is 21.1 Å². The Morgan fingerprint density at radius 3 is 3.10 bits per heavy atom. The number of anilines is 1. The first-order valence-corrected chi connectivity index (χ1v) is 7.79. The van der Waals surface area contributed by atoms with E-state index in [1.807, 2.05) is 12.1 Å². The van der Waals surface area contributed by atoms with Crippen molar-refractivity contribution in [2.24, 2.45) is 0 Å². The number of hydrogen-bond donors (Lipinski definition) is 0. The summed E-state index contributed by atoms with van der Waals surface area (Å²) in [5.74, 6) is 0.953. The Morgan fingerprint density at radius 1 is 1.33 bits per heavy atom. The molecule has 4 heterocycles. The number of nitrogens with zero attached hydrogens (tertiary/aromatic N) is 4. The first-order valence-electron chi connectivity index (χ1n) is 6.98. The Bertz CT molecular complexity index is 808. The highest BCUT2D eigenvalue weighted by Crippen LogP contribution is 2.36. The van der Waals surface area contributed by atoms with E-state index in [0.29, 0.717) is 4.96 Å². The van der Waals surface area contributed by atoms with Gasteiger partial charge < -0.3 is 9.32 Å². The van der Waals surface area contributed by atoms with Gasteiger partial charge >= 0.3 is 0 Å². The van der Waals surface area contributed by atoms with Crippen molar-refractivity contribution in [2.45, 2.75) is 25.3 Å². The van der Waals surface area contributed by atoms with Crippen LogP contribution >= 0.6 is 11.3 Å².